The third kappa shape index (κ3) is 20.1. The van der Waals surface area contributed by atoms with Gasteiger partial charge in [-0.3, -0.25) is 0 Å². The molecule has 0 bridgehead atoms. The van der Waals surface area contributed by atoms with Crippen LogP contribution in [0.15, 0.2) is 0 Å². The molecule has 0 atom stereocenters. The highest BCUT2D eigenvalue weighted by atomic mass is 16.7. The van der Waals surface area contributed by atoms with E-state index >= 15 is 0 Å². The van der Waals surface area contributed by atoms with E-state index in [1.165, 1.54) is 0 Å². The first-order chi connectivity index (χ1) is 12.8. The van der Waals surface area contributed by atoms with E-state index in [2.05, 4.69) is 20.8 Å². The number of ether oxygens (including phenoxy) is 6. The van der Waals surface area contributed by atoms with Crippen LogP contribution in [0.1, 0.15) is 59.3 Å². The van der Waals surface area contributed by atoms with Crippen LogP contribution in [-0.4, -0.2) is 72.4 Å². The minimum atomic E-state index is -0.186. The van der Waals surface area contributed by atoms with Crippen LogP contribution in [0.3, 0.4) is 0 Å². The van der Waals surface area contributed by atoms with Crippen molar-refractivity contribution in [3.63, 3.8) is 0 Å². The molecule has 0 amide bonds. The standard InChI is InChI=1S/C20H42O6/c1-4-7-10-21-12-14-23-16-18-25-20(9-6-3)26-19-17-24-15-13-22-11-8-5-2/h20H,4-19H2,1-3H3. The highest BCUT2D eigenvalue weighted by molar-refractivity contribution is 4.45. The molecule has 6 heteroatoms. The van der Waals surface area contributed by atoms with Gasteiger partial charge in [-0.2, -0.15) is 0 Å². The predicted octanol–water partition coefficient (Wildman–Crippen LogP) is 3.81. The normalized spacial score (nSPS) is 11.5. The van der Waals surface area contributed by atoms with E-state index in [1.807, 2.05) is 0 Å². The van der Waals surface area contributed by atoms with E-state index in [0.29, 0.717) is 52.9 Å². The van der Waals surface area contributed by atoms with E-state index in [9.17, 15) is 0 Å². The van der Waals surface area contributed by atoms with Crippen molar-refractivity contribution in [3.05, 3.63) is 0 Å². The van der Waals surface area contributed by atoms with Crippen LogP contribution in [0.25, 0.3) is 0 Å². The van der Waals surface area contributed by atoms with Crippen molar-refractivity contribution < 1.29 is 28.4 Å². The van der Waals surface area contributed by atoms with Crippen LogP contribution in [0.2, 0.25) is 0 Å². The molecule has 0 aromatic heterocycles. The molecule has 0 radical (unpaired) electrons. The first-order valence-electron chi connectivity index (χ1n) is 10.4. The number of rotatable bonds is 22. The first kappa shape index (κ1) is 25.8. The summed E-state index contributed by atoms with van der Waals surface area (Å²) in [6, 6.07) is 0. The van der Waals surface area contributed by atoms with Gasteiger partial charge in [0.2, 0.25) is 0 Å². The molecule has 0 rings (SSSR count). The monoisotopic (exact) mass is 378 g/mol. The second kappa shape index (κ2) is 22.8. The lowest BCUT2D eigenvalue weighted by atomic mass is 10.3. The summed E-state index contributed by atoms with van der Waals surface area (Å²) in [5, 5.41) is 0. The van der Waals surface area contributed by atoms with Gasteiger partial charge in [0.25, 0.3) is 0 Å². The molecule has 0 aliphatic carbocycles. The Morgan fingerprint density at radius 3 is 1.23 bits per heavy atom. The molecule has 0 aliphatic rings. The number of hydrogen-bond acceptors (Lipinski definition) is 6. The summed E-state index contributed by atoms with van der Waals surface area (Å²) in [5.41, 5.74) is 0. The van der Waals surface area contributed by atoms with Gasteiger partial charge in [-0.25, -0.2) is 0 Å². The van der Waals surface area contributed by atoms with Gasteiger partial charge in [-0.05, 0) is 19.3 Å². The minimum Gasteiger partial charge on any atom is -0.379 e. The molecule has 0 aromatic rings. The summed E-state index contributed by atoms with van der Waals surface area (Å²) in [4.78, 5) is 0. The van der Waals surface area contributed by atoms with Crippen molar-refractivity contribution in [2.24, 2.45) is 0 Å². The average molecular weight is 379 g/mol. The molecule has 0 saturated heterocycles. The lowest BCUT2D eigenvalue weighted by Gasteiger charge is -2.18. The van der Waals surface area contributed by atoms with Gasteiger partial charge in [0.1, 0.15) is 0 Å². The van der Waals surface area contributed by atoms with Crippen LogP contribution >= 0.6 is 0 Å². The summed E-state index contributed by atoms with van der Waals surface area (Å²) >= 11 is 0. The molecule has 0 spiro atoms. The van der Waals surface area contributed by atoms with Crippen molar-refractivity contribution in [3.8, 4) is 0 Å². The molecular formula is C20H42O6. The Kier molecular flexibility index (Phi) is 22.6. The van der Waals surface area contributed by atoms with Gasteiger partial charge in [-0.15, -0.1) is 0 Å². The second-order valence-corrected chi connectivity index (χ2v) is 6.12. The third-order valence-corrected chi connectivity index (χ3v) is 3.62. The van der Waals surface area contributed by atoms with Crippen LogP contribution in [0.5, 0.6) is 0 Å². The lowest BCUT2D eigenvalue weighted by molar-refractivity contribution is -0.162. The summed E-state index contributed by atoms with van der Waals surface area (Å²) in [5.74, 6) is 0. The first-order valence-corrected chi connectivity index (χ1v) is 10.4. The van der Waals surface area contributed by atoms with Gasteiger partial charge in [0.15, 0.2) is 6.29 Å². The van der Waals surface area contributed by atoms with Crippen LogP contribution in [0.4, 0.5) is 0 Å². The molecule has 158 valence electrons. The summed E-state index contributed by atoms with van der Waals surface area (Å²) in [6.07, 6.45) is 6.23. The zero-order valence-electron chi connectivity index (χ0n) is 17.3. The van der Waals surface area contributed by atoms with Crippen molar-refractivity contribution in [2.45, 2.75) is 65.6 Å². The van der Waals surface area contributed by atoms with Crippen LogP contribution in [-0.2, 0) is 28.4 Å². The molecule has 0 heterocycles. The number of hydrogen-bond donors (Lipinski definition) is 0. The minimum absolute atomic E-state index is 0.186. The van der Waals surface area contributed by atoms with E-state index in [-0.39, 0.29) is 6.29 Å². The zero-order valence-corrected chi connectivity index (χ0v) is 17.3. The van der Waals surface area contributed by atoms with E-state index in [1.54, 1.807) is 0 Å². The van der Waals surface area contributed by atoms with E-state index in [4.69, 9.17) is 28.4 Å². The second-order valence-electron chi connectivity index (χ2n) is 6.12. The lowest BCUT2D eigenvalue weighted by Crippen LogP contribution is -2.22. The van der Waals surface area contributed by atoms with E-state index < -0.39 is 0 Å². The molecular weight excluding hydrogens is 336 g/mol. The zero-order chi connectivity index (χ0) is 19.1. The molecule has 0 aliphatic heterocycles. The smallest absolute Gasteiger partial charge is 0.157 e. The molecule has 26 heavy (non-hydrogen) atoms. The van der Waals surface area contributed by atoms with Crippen molar-refractivity contribution in [1.82, 2.24) is 0 Å². The van der Waals surface area contributed by atoms with E-state index in [0.717, 1.165) is 51.7 Å². The maximum absolute atomic E-state index is 5.73. The SMILES string of the molecule is CCCCOCCOCCOC(CCC)OCCOCCOCCCC. The summed E-state index contributed by atoms with van der Waals surface area (Å²) in [6.45, 7) is 12.8. The Morgan fingerprint density at radius 1 is 0.462 bits per heavy atom. The number of unbranched alkanes of at least 4 members (excludes halogenated alkanes) is 2. The summed E-state index contributed by atoms with van der Waals surface area (Å²) < 4.78 is 33.3. The molecule has 0 saturated carbocycles. The van der Waals surface area contributed by atoms with Gasteiger partial charge in [0, 0.05) is 13.2 Å². The van der Waals surface area contributed by atoms with Crippen LogP contribution < -0.4 is 0 Å². The van der Waals surface area contributed by atoms with Gasteiger partial charge < -0.3 is 28.4 Å². The summed E-state index contributed by atoms with van der Waals surface area (Å²) in [7, 11) is 0. The average Bonchev–Trinajstić information content (AvgIpc) is 2.65. The Hall–Kier alpha value is -0.240. The largest absolute Gasteiger partial charge is 0.379 e. The fourth-order valence-corrected chi connectivity index (χ4v) is 2.06. The topological polar surface area (TPSA) is 55.4 Å². The van der Waals surface area contributed by atoms with Gasteiger partial charge in [0.05, 0.1) is 52.9 Å². The van der Waals surface area contributed by atoms with Gasteiger partial charge in [-0.1, -0.05) is 40.0 Å². The van der Waals surface area contributed by atoms with Crippen LogP contribution in [0, 0.1) is 0 Å². The quantitative estimate of drug-likeness (QED) is 0.211. The maximum atomic E-state index is 5.73. The fourth-order valence-electron chi connectivity index (χ4n) is 2.06. The highest BCUT2D eigenvalue weighted by Crippen LogP contribution is 2.04. The van der Waals surface area contributed by atoms with Crippen molar-refractivity contribution >= 4 is 0 Å². The maximum Gasteiger partial charge on any atom is 0.157 e. The molecule has 0 unspecified atom stereocenters. The molecule has 0 aromatic carbocycles. The Bertz CT molecular complexity index is 230. The fraction of sp³-hybridized carbons (Fsp3) is 1.00. The highest BCUT2D eigenvalue weighted by Gasteiger charge is 2.08. The Labute approximate surface area is 160 Å². The Morgan fingerprint density at radius 2 is 0.846 bits per heavy atom. The molecule has 0 fully saturated rings. The predicted molar refractivity (Wildman–Crippen MR) is 104 cm³/mol. The van der Waals surface area contributed by atoms with Gasteiger partial charge >= 0.3 is 0 Å². The molecule has 0 N–H and O–H groups in total. The third-order valence-electron chi connectivity index (χ3n) is 3.62. The molecule has 6 nitrogen and oxygen atoms in total. The van der Waals surface area contributed by atoms with Crippen molar-refractivity contribution in [2.75, 3.05) is 66.1 Å². The Balaban J connectivity index is 3.42. The van der Waals surface area contributed by atoms with Crippen molar-refractivity contribution in [1.29, 1.82) is 0 Å².